The van der Waals surface area contributed by atoms with E-state index in [1.165, 1.54) is 7.05 Å². The van der Waals surface area contributed by atoms with Crippen LogP contribution in [-0.4, -0.2) is 30.7 Å². The first-order valence-electron chi connectivity index (χ1n) is 3.28. The summed E-state index contributed by atoms with van der Waals surface area (Å²) in [5.74, 6) is 0. The fourth-order valence-corrected chi connectivity index (χ4v) is 1.07. The second-order valence-corrected chi connectivity index (χ2v) is 2.62. The highest BCUT2D eigenvalue weighted by Crippen LogP contribution is 2.31. The summed E-state index contributed by atoms with van der Waals surface area (Å²) in [4.78, 5) is 0.765. The zero-order valence-electron chi connectivity index (χ0n) is 5.78. The molecule has 1 aliphatic rings. The first kappa shape index (κ1) is 7.85. The molecule has 1 nitrogen and oxygen atoms in total. The van der Waals surface area contributed by atoms with Gasteiger partial charge in [0.2, 0.25) is 0 Å². The predicted molar refractivity (Wildman–Crippen MR) is 31.7 cm³/mol. The van der Waals surface area contributed by atoms with E-state index in [9.17, 15) is 13.2 Å². The second kappa shape index (κ2) is 2.42. The first-order chi connectivity index (χ1) is 4.55. The van der Waals surface area contributed by atoms with Crippen LogP contribution in [0, 0.1) is 0 Å². The van der Waals surface area contributed by atoms with E-state index in [0.717, 1.165) is 4.90 Å². The number of rotatable bonds is 0. The predicted octanol–water partition coefficient (Wildman–Crippen LogP) is 1.64. The van der Waals surface area contributed by atoms with Gasteiger partial charge in [0.1, 0.15) is 0 Å². The molecule has 0 radical (unpaired) electrons. The van der Waals surface area contributed by atoms with Crippen LogP contribution in [0.15, 0.2) is 0 Å². The maximum Gasteiger partial charge on any atom is 0.335 e. The Morgan fingerprint density at radius 2 is 2.10 bits per heavy atom. The minimum absolute atomic E-state index is 0.0165. The SMILES string of the molecule is CN1CCCC(F)C1(F)F. The maximum absolute atomic E-state index is 12.5. The minimum atomic E-state index is -3.24. The fourth-order valence-electron chi connectivity index (χ4n) is 1.07. The van der Waals surface area contributed by atoms with Crippen molar-refractivity contribution in [2.24, 2.45) is 0 Å². The van der Waals surface area contributed by atoms with Gasteiger partial charge in [-0.15, -0.1) is 0 Å². The zero-order chi connectivity index (χ0) is 7.78. The first-order valence-corrected chi connectivity index (χ1v) is 3.28. The van der Waals surface area contributed by atoms with Gasteiger partial charge in [0.05, 0.1) is 0 Å². The average Bonchev–Trinajstić information content (AvgIpc) is 1.84. The van der Waals surface area contributed by atoms with Crippen molar-refractivity contribution in [2.45, 2.75) is 25.1 Å². The molecule has 0 aromatic carbocycles. The van der Waals surface area contributed by atoms with Gasteiger partial charge in [0.25, 0.3) is 0 Å². The smallest absolute Gasteiger partial charge is 0.245 e. The number of alkyl halides is 3. The molecule has 10 heavy (non-hydrogen) atoms. The lowest BCUT2D eigenvalue weighted by Gasteiger charge is -2.34. The van der Waals surface area contributed by atoms with Crippen LogP contribution in [0.5, 0.6) is 0 Å². The van der Waals surface area contributed by atoms with Crippen LogP contribution in [-0.2, 0) is 0 Å². The van der Waals surface area contributed by atoms with Crippen LogP contribution < -0.4 is 0 Å². The lowest BCUT2D eigenvalue weighted by molar-refractivity contribution is -0.199. The highest BCUT2D eigenvalue weighted by molar-refractivity contribution is 4.80. The topological polar surface area (TPSA) is 3.24 Å². The molecule has 4 heteroatoms. The summed E-state index contributed by atoms with van der Waals surface area (Å²) in [5.41, 5.74) is 0. The van der Waals surface area contributed by atoms with Gasteiger partial charge in [-0.1, -0.05) is 0 Å². The van der Waals surface area contributed by atoms with E-state index in [1.54, 1.807) is 0 Å². The van der Waals surface area contributed by atoms with Crippen LogP contribution in [0.2, 0.25) is 0 Å². The molecule has 1 atom stereocenters. The summed E-state index contributed by atoms with van der Waals surface area (Å²) < 4.78 is 37.5. The van der Waals surface area contributed by atoms with Crippen molar-refractivity contribution in [3.63, 3.8) is 0 Å². The molecule has 0 aromatic heterocycles. The van der Waals surface area contributed by atoms with Crippen LogP contribution in [0.3, 0.4) is 0 Å². The van der Waals surface area contributed by atoms with Gasteiger partial charge in [0.15, 0.2) is 6.17 Å². The molecular weight excluding hydrogens is 143 g/mol. The van der Waals surface area contributed by atoms with Crippen LogP contribution in [0.4, 0.5) is 13.2 Å². The third-order valence-electron chi connectivity index (χ3n) is 1.84. The highest BCUT2D eigenvalue weighted by atomic mass is 19.3. The molecule has 0 aliphatic carbocycles. The van der Waals surface area contributed by atoms with Crippen molar-refractivity contribution < 1.29 is 13.2 Å². The molecule has 1 heterocycles. The Hall–Kier alpha value is -0.250. The van der Waals surface area contributed by atoms with Crippen LogP contribution in [0.25, 0.3) is 0 Å². The Morgan fingerprint density at radius 1 is 1.50 bits per heavy atom. The minimum Gasteiger partial charge on any atom is -0.245 e. The summed E-state index contributed by atoms with van der Waals surface area (Å²) in [5, 5.41) is 0. The number of likely N-dealkylation sites (tertiary alicyclic amines) is 1. The van der Waals surface area contributed by atoms with Crippen LogP contribution >= 0.6 is 0 Å². The van der Waals surface area contributed by atoms with E-state index >= 15 is 0 Å². The molecule has 0 saturated carbocycles. The molecule has 0 spiro atoms. The van der Waals surface area contributed by atoms with Crippen molar-refractivity contribution in [3.05, 3.63) is 0 Å². The fraction of sp³-hybridized carbons (Fsp3) is 1.00. The van der Waals surface area contributed by atoms with E-state index < -0.39 is 12.2 Å². The molecule has 1 saturated heterocycles. The Balaban J connectivity index is 2.63. The molecule has 0 aromatic rings. The van der Waals surface area contributed by atoms with Crippen LogP contribution in [0.1, 0.15) is 12.8 Å². The molecule has 60 valence electrons. The molecular formula is C6H10F3N. The summed E-state index contributed by atoms with van der Waals surface area (Å²) >= 11 is 0. The third kappa shape index (κ3) is 1.12. The van der Waals surface area contributed by atoms with Gasteiger partial charge in [-0.25, -0.2) is 9.29 Å². The lowest BCUT2D eigenvalue weighted by Crippen LogP contribution is -2.50. The van der Waals surface area contributed by atoms with Crippen molar-refractivity contribution in [1.29, 1.82) is 0 Å². The summed E-state index contributed by atoms with van der Waals surface area (Å²) in [6.07, 6.45) is -1.48. The molecule has 1 rings (SSSR count). The van der Waals surface area contributed by atoms with Gasteiger partial charge in [0, 0.05) is 6.54 Å². The molecule has 0 bridgehead atoms. The lowest BCUT2D eigenvalue weighted by atomic mass is 10.1. The quantitative estimate of drug-likeness (QED) is 0.478. The van der Waals surface area contributed by atoms with Crippen molar-refractivity contribution in [3.8, 4) is 0 Å². The van der Waals surface area contributed by atoms with E-state index in [2.05, 4.69) is 0 Å². The Bertz CT molecular complexity index is 114. The second-order valence-electron chi connectivity index (χ2n) is 2.62. The molecule has 0 amide bonds. The number of hydrogen-bond acceptors (Lipinski definition) is 1. The maximum atomic E-state index is 12.5. The number of piperidine rings is 1. The van der Waals surface area contributed by atoms with Crippen molar-refractivity contribution in [1.82, 2.24) is 4.90 Å². The van der Waals surface area contributed by atoms with Gasteiger partial charge in [-0.3, -0.25) is 0 Å². The van der Waals surface area contributed by atoms with Gasteiger partial charge in [-0.2, -0.15) is 8.78 Å². The Kier molecular flexibility index (Phi) is 1.90. The van der Waals surface area contributed by atoms with Gasteiger partial charge in [-0.05, 0) is 19.9 Å². The van der Waals surface area contributed by atoms with E-state index in [-0.39, 0.29) is 13.0 Å². The Morgan fingerprint density at radius 3 is 2.50 bits per heavy atom. The summed E-state index contributed by atoms with van der Waals surface area (Å²) in [7, 11) is 1.24. The van der Waals surface area contributed by atoms with E-state index in [4.69, 9.17) is 0 Å². The number of nitrogens with zero attached hydrogens (tertiary/aromatic N) is 1. The zero-order valence-corrected chi connectivity index (χ0v) is 5.78. The molecule has 1 aliphatic heterocycles. The van der Waals surface area contributed by atoms with Gasteiger partial charge >= 0.3 is 6.05 Å². The van der Waals surface area contributed by atoms with Crippen molar-refractivity contribution in [2.75, 3.05) is 13.6 Å². The molecule has 1 fully saturated rings. The molecule has 0 N–H and O–H groups in total. The molecule has 1 unspecified atom stereocenters. The monoisotopic (exact) mass is 153 g/mol. The summed E-state index contributed by atoms with van der Waals surface area (Å²) in [6.45, 7) is 0.285. The third-order valence-corrected chi connectivity index (χ3v) is 1.84. The largest absolute Gasteiger partial charge is 0.335 e. The number of halogens is 3. The summed E-state index contributed by atoms with van der Waals surface area (Å²) in [6, 6.07) is -3.24. The van der Waals surface area contributed by atoms with E-state index in [0.29, 0.717) is 6.42 Å². The van der Waals surface area contributed by atoms with Crippen molar-refractivity contribution >= 4 is 0 Å². The highest BCUT2D eigenvalue weighted by Gasteiger charge is 2.46. The average molecular weight is 153 g/mol. The van der Waals surface area contributed by atoms with Gasteiger partial charge < -0.3 is 0 Å². The normalized spacial score (nSPS) is 34.2. The standard InChI is InChI=1S/C6H10F3N/c1-10-4-2-3-5(7)6(10,8)9/h5H,2-4H2,1H3. The van der Waals surface area contributed by atoms with E-state index in [1.807, 2.05) is 0 Å². The Labute approximate surface area is 57.8 Å². The number of hydrogen-bond donors (Lipinski definition) is 0.